The van der Waals surface area contributed by atoms with Gasteiger partial charge in [-0.15, -0.1) is 12.6 Å². The van der Waals surface area contributed by atoms with Crippen LogP contribution in [0, 0.1) is 0 Å². The second-order valence-corrected chi connectivity index (χ2v) is 4.16. The summed E-state index contributed by atoms with van der Waals surface area (Å²) < 4.78 is 0. The number of pyridine rings is 1. The summed E-state index contributed by atoms with van der Waals surface area (Å²) in [7, 11) is 2.14. The number of nitrogens with zero attached hydrogens (tertiary/aromatic N) is 2. The summed E-state index contributed by atoms with van der Waals surface area (Å²) in [5.41, 5.74) is 2.45. The van der Waals surface area contributed by atoms with E-state index >= 15 is 0 Å². The topological polar surface area (TPSA) is 16.1 Å². The molecular weight excluding hydrogens is 192 g/mol. The third-order valence-corrected chi connectivity index (χ3v) is 2.75. The number of likely N-dealkylation sites (N-methyl/N-ethyl adjacent to an activating group) is 1. The molecule has 2 heterocycles. The molecule has 0 saturated carbocycles. The molecule has 1 aliphatic heterocycles. The van der Waals surface area contributed by atoms with E-state index in [0.29, 0.717) is 0 Å². The van der Waals surface area contributed by atoms with E-state index in [2.05, 4.69) is 35.6 Å². The van der Waals surface area contributed by atoms with Gasteiger partial charge in [0, 0.05) is 24.2 Å². The predicted molar refractivity (Wildman–Crippen MR) is 61.6 cm³/mol. The van der Waals surface area contributed by atoms with Gasteiger partial charge in [-0.25, -0.2) is 0 Å². The average Bonchev–Trinajstić information content (AvgIpc) is 2.21. The van der Waals surface area contributed by atoms with E-state index in [4.69, 9.17) is 0 Å². The van der Waals surface area contributed by atoms with Crippen molar-refractivity contribution >= 4 is 18.2 Å². The number of rotatable bonds is 1. The van der Waals surface area contributed by atoms with Crippen LogP contribution in [0.2, 0.25) is 0 Å². The Bertz CT molecular complexity index is 343. The molecule has 1 aliphatic rings. The molecular formula is C11H14N2S. The van der Waals surface area contributed by atoms with Crippen LogP contribution < -0.4 is 0 Å². The van der Waals surface area contributed by atoms with Gasteiger partial charge in [-0.05, 0) is 31.2 Å². The smallest absolute Gasteiger partial charge is 0.0660 e. The molecule has 74 valence electrons. The highest BCUT2D eigenvalue weighted by Gasteiger charge is 2.09. The molecule has 2 rings (SSSR count). The molecule has 2 nitrogen and oxygen atoms in total. The number of thiol groups is 1. The van der Waals surface area contributed by atoms with Crippen molar-refractivity contribution in [2.75, 3.05) is 20.1 Å². The van der Waals surface area contributed by atoms with E-state index in [9.17, 15) is 0 Å². The van der Waals surface area contributed by atoms with Crippen molar-refractivity contribution in [3.8, 4) is 0 Å². The first-order valence-electron chi connectivity index (χ1n) is 4.78. The van der Waals surface area contributed by atoms with Gasteiger partial charge >= 0.3 is 0 Å². The number of hydrogen-bond donors (Lipinski definition) is 1. The molecule has 0 atom stereocenters. The quantitative estimate of drug-likeness (QED) is 0.708. The van der Waals surface area contributed by atoms with E-state index in [-0.39, 0.29) is 0 Å². The summed E-state index contributed by atoms with van der Waals surface area (Å²) in [5.74, 6) is 0. The zero-order chi connectivity index (χ0) is 9.97. The van der Waals surface area contributed by atoms with Gasteiger partial charge in [-0.1, -0.05) is 6.08 Å². The summed E-state index contributed by atoms with van der Waals surface area (Å²) in [6.45, 7) is 2.15. The predicted octanol–water partition coefficient (Wildman–Crippen LogP) is 2.09. The van der Waals surface area contributed by atoms with Gasteiger partial charge in [0.05, 0.1) is 5.69 Å². The van der Waals surface area contributed by atoms with E-state index in [1.165, 1.54) is 5.57 Å². The lowest BCUT2D eigenvalue weighted by Gasteiger charge is -2.21. The highest BCUT2D eigenvalue weighted by molar-refractivity contribution is 7.80. The third kappa shape index (κ3) is 2.16. The first-order valence-corrected chi connectivity index (χ1v) is 5.23. The van der Waals surface area contributed by atoms with Gasteiger partial charge in [0.25, 0.3) is 0 Å². The Morgan fingerprint density at radius 1 is 1.43 bits per heavy atom. The molecule has 0 saturated heterocycles. The van der Waals surface area contributed by atoms with Crippen molar-refractivity contribution in [1.82, 2.24) is 9.88 Å². The van der Waals surface area contributed by atoms with Crippen LogP contribution in [-0.2, 0) is 0 Å². The van der Waals surface area contributed by atoms with Crippen LogP contribution in [0.3, 0.4) is 0 Å². The molecule has 3 heteroatoms. The first-order chi connectivity index (χ1) is 6.75. The minimum atomic E-state index is 0.919. The molecule has 0 unspecified atom stereocenters. The Kier molecular flexibility index (Phi) is 2.89. The van der Waals surface area contributed by atoms with E-state index < -0.39 is 0 Å². The lowest BCUT2D eigenvalue weighted by molar-refractivity contribution is 0.369. The van der Waals surface area contributed by atoms with Crippen LogP contribution in [0.4, 0.5) is 0 Å². The highest BCUT2D eigenvalue weighted by atomic mass is 32.1. The fourth-order valence-corrected chi connectivity index (χ4v) is 1.71. The van der Waals surface area contributed by atoms with Crippen molar-refractivity contribution in [3.63, 3.8) is 0 Å². The van der Waals surface area contributed by atoms with Crippen LogP contribution in [0.25, 0.3) is 5.57 Å². The highest BCUT2D eigenvalue weighted by Crippen LogP contribution is 2.20. The monoisotopic (exact) mass is 206 g/mol. The molecule has 0 amide bonds. The Hall–Kier alpha value is -0.800. The minimum Gasteiger partial charge on any atom is -0.302 e. The molecule has 1 aromatic heterocycles. The fourth-order valence-electron chi connectivity index (χ4n) is 1.58. The lowest BCUT2D eigenvalue weighted by atomic mass is 10.0. The Morgan fingerprint density at radius 3 is 2.86 bits per heavy atom. The second-order valence-electron chi connectivity index (χ2n) is 3.64. The Morgan fingerprint density at radius 2 is 2.29 bits per heavy atom. The molecule has 0 bridgehead atoms. The number of hydrogen-bond acceptors (Lipinski definition) is 3. The summed E-state index contributed by atoms with van der Waals surface area (Å²) in [6, 6.07) is 4.03. The van der Waals surface area contributed by atoms with Crippen molar-refractivity contribution in [3.05, 3.63) is 30.1 Å². The molecule has 1 aromatic rings. The SMILES string of the molecule is CN1CC=C(c2ccc(S)cn2)CC1. The van der Waals surface area contributed by atoms with Gasteiger partial charge in [-0.3, -0.25) is 4.98 Å². The molecule has 0 N–H and O–H groups in total. The normalized spacial score (nSPS) is 18.0. The van der Waals surface area contributed by atoms with Gasteiger partial charge in [-0.2, -0.15) is 0 Å². The fraction of sp³-hybridized carbons (Fsp3) is 0.364. The molecule has 0 aromatic carbocycles. The molecule has 0 radical (unpaired) electrons. The minimum absolute atomic E-state index is 0.919. The van der Waals surface area contributed by atoms with Crippen molar-refractivity contribution in [1.29, 1.82) is 0 Å². The zero-order valence-corrected chi connectivity index (χ0v) is 9.17. The largest absolute Gasteiger partial charge is 0.302 e. The zero-order valence-electron chi connectivity index (χ0n) is 8.27. The van der Waals surface area contributed by atoms with Crippen LogP contribution >= 0.6 is 12.6 Å². The Labute approximate surface area is 90.1 Å². The van der Waals surface area contributed by atoms with Crippen molar-refractivity contribution in [2.24, 2.45) is 0 Å². The summed E-state index contributed by atoms with van der Waals surface area (Å²) in [6.07, 6.45) is 5.15. The maximum atomic E-state index is 4.36. The first kappa shape index (κ1) is 9.74. The Balaban J connectivity index is 2.19. The van der Waals surface area contributed by atoms with Gasteiger partial charge in [0.1, 0.15) is 0 Å². The molecule has 0 fully saturated rings. The molecule has 0 aliphatic carbocycles. The van der Waals surface area contributed by atoms with Crippen LogP contribution in [0.15, 0.2) is 29.3 Å². The van der Waals surface area contributed by atoms with Crippen LogP contribution in [-0.4, -0.2) is 30.0 Å². The molecule has 14 heavy (non-hydrogen) atoms. The van der Waals surface area contributed by atoms with E-state index in [1.54, 1.807) is 6.20 Å². The van der Waals surface area contributed by atoms with E-state index in [0.717, 1.165) is 30.1 Å². The second kappa shape index (κ2) is 4.15. The van der Waals surface area contributed by atoms with E-state index in [1.807, 2.05) is 12.1 Å². The maximum Gasteiger partial charge on any atom is 0.0660 e. The molecule has 0 spiro atoms. The van der Waals surface area contributed by atoms with Crippen molar-refractivity contribution < 1.29 is 0 Å². The van der Waals surface area contributed by atoms with Crippen LogP contribution in [0.1, 0.15) is 12.1 Å². The summed E-state index contributed by atoms with van der Waals surface area (Å²) >= 11 is 4.22. The summed E-state index contributed by atoms with van der Waals surface area (Å²) in [4.78, 5) is 7.58. The standard InChI is InChI=1S/C11H14N2S/c1-13-6-4-9(5-7-13)11-3-2-10(14)8-12-11/h2-4,8,14H,5-7H2,1H3. The van der Waals surface area contributed by atoms with Gasteiger partial charge in [0.15, 0.2) is 0 Å². The number of aromatic nitrogens is 1. The lowest BCUT2D eigenvalue weighted by Crippen LogP contribution is -2.23. The van der Waals surface area contributed by atoms with Gasteiger partial charge < -0.3 is 4.90 Å². The summed E-state index contributed by atoms with van der Waals surface area (Å²) in [5, 5.41) is 0. The van der Waals surface area contributed by atoms with Crippen molar-refractivity contribution in [2.45, 2.75) is 11.3 Å². The van der Waals surface area contributed by atoms with Gasteiger partial charge in [0.2, 0.25) is 0 Å². The maximum absolute atomic E-state index is 4.36. The third-order valence-electron chi connectivity index (χ3n) is 2.49. The average molecular weight is 206 g/mol. The van der Waals surface area contributed by atoms with Crippen LogP contribution in [0.5, 0.6) is 0 Å².